The molecule has 0 aliphatic rings. The fourth-order valence-corrected chi connectivity index (χ4v) is 1.65. The topological polar surface area (TPSA) is 58.6 Å². The maximum atomic E-state index is 13.1. The highest BCUT2D eigenvalue weighted by molar-refractivity contribution is 5.68. The summed E-state index contributed by atoms with van der Waals surface area (Å²) in [6, 6.07) is 2.40. The van der Waals surface area contributed by atoms with Gasteiger partial charge in [-0.15, -0.1) is 0 Å². The zero-order valence-electron chi connectivity index (χ0n) is 11.7. The standard InChI is InChI=1S/C14H19F2NO3/c1-14(2,3)20-13(19)17-12(8-18)6-9-4-10(15)7-11(16)5-9/h4-5,7,12,18H,6,8H2,1-3H3,(H,17,19)/t12-/m1/s1. The van der Waals surface area contributed by atoms with E-state index in [-0.39, 0.29) is 13.0 Å². The van der Waals surface area contributed by atoms with Crippen LogP contribution >= 0.6 is 0 Å². The largest absolute Gasteiger partial charge is 0.444 e. The second-order valence-electron chi connectivity index (χ2n) is 5.51. The van der Waals surface area contributed by atoms with Crippen molar-refractivity contribution in [3.8, 4) is 0 Å². The van der Waals surface area contributed by atoms with E-state index in [0.29, 0.717) is 5.56 Å². The minimum Gasteiger partial charge on any atom is -0.444 e. The first-order valence-electron chi connectivity index (χ1n) is 6.25. The number of nitrogens with one attached hydrogen (secondary N) is 1. The third kappa shape index (κ3) is 5.97. The van der Waals surface area contributed by atoms with E-state index in [1.165, 1.54) is 0 Å². The van der Waals surface area contributed by atoms with Crippen molar-refractivity contribution in [2.75, 3.05) is 6.61 Å². The Hall–Kier alpha value is -1.69. The average Bonchev–Trinajstić information content (AvgIpc) is 2.23. The lowest BCUT2D eigenvalue weighted by Gasteiger charge is -2.22. The van der Waals surface area contributed by atoms with Crippen LogP contribution in [0.25, 0.3) is 0 Å². The lowest BCUT2D eigenvalue weighted by Crippen LogP contribution is -2.42. The molecule has 0 unspecified atom stereocenters. The van der Waals surface area contributed by atoms with E-state index in [9.17, 15) is 18.7 Å². The zero-order chi connectivity index (χ0) is 15.3. The number of carbonyl (C=O) groups is 1. The minimum absolute atomic E-state index is 0.102. The monoisotopic (exact) mass is 287 g/mol. The van der Waals surface area contributed by atoms with Crippen LogP contribution in [-0.2, 0) is 11.2 Å². The summed E-state index contributed by atoms with van der Waals surface area (Å²) >= 11 is 0. The molecule has 112 valence electrons. The first kappa shape index (κ1) is 16.4. The lowest BCUT2D eigenvalue weighted by atomic mass is 10.1. The molecule has 1 aromatic rings. The van der Waals surface area contributed by atoms with Gasteiger partial charge in [0.2, 0.25) is 0 Å². The summed E-state index contributed by atoms with van der Waals surface area (Å²) in [7, 11) is 0. The predicted octanol–water partition coefficient (Wildman–Crippen LogP) is 2.39. The second kappa shape index (κ2) is 6.65. The molecule has 20 heavy (non-hydrogen) atoms. The third-order valence-electron chi connectivity index (χ3n) is 2.35. The van der Waals surface area contributed by atoms with Gasteiger partial charge in [-0.05, 0) is 44.9 Å². The van der Waals surface area contributed by atoms with Crippen LogP contribution in [0.1, 0.15) is 26.3 Å². The number of aliphatic hydroxyl groups excluding tert-OH is 1. The van der Waals surface area contributed by atoms with Crippen LogP contribution in [0.5, 0.6) is 0 Å². The van der Waals surface area contributed by atoms with Gasteiger partial charge in [-0.3, -0.25) is 0 Å². The number of aliphatic hydroxyl groups is 1. The van der Waals surface area contributed by atoms with Crippen molar-refractivity contribution in [2.24, 2.45) is 0 Å². The molecule has 1 aromatic carbocycles. The normalized spacial score (nSPS) is 12.9. The quantitative estimate of drug-likeness (QED) is 0.894. The molecule has 1 amide bonds. The van der Waals surface area contributed by atoms with Crippen molar-refractivity contribution in [3.63, 3.8) is 0 Å². The second-order valence-corrected chi connectivity index (χ2v) is 5.51. The Morgan fingerprint density at radius 3 is 2.30 bits per heavy atom. The van der Waals surface area contributed by atoms with Crippen LogP contribution in [0.15, 0.2) is 18.2 Å². The van der Waals surface area contributed by atoms with Crippen LogP contribution in [0.4, 0.5) is 13.6 Å². The Balaban J connectivity index is 2.65. The van der Waals surface area contributed by atoms with E-state index >= 15 is 0 Å². The lowest BCUT2D eigenvalue weighted by molar-refractivity contribution is 0.0483. The minimum atomic E-state index is -0.700. The van der Waals surface area contributed by atoms with Crippen LogP contribution in [0, 0.1) is 11.6 Å². The van der Waals surface area contributed by atoms with Crippen molar-refractivity contribution in [1.29, 1.82) is 0 Å². The number of rotatable bonds is 4. The Labute approximate surface area is 116 Å². The summed E-state index contributed by atoms with van der Waals surface area (Å²) in [5.41, 5.74) is -0.313. The summed E-state index contributed by atoms with van der Waals surface area (Å²) in [5.74, 6) is -1.40. The maximum absolute atomic E-state index is 13.1. The van der Waals surface area contributed by atoms with Gasteiger partial charge in [-0.25, -0.2) is 13.6 Å². The first-order chi connectivity index (χ1) is 9.19. The molecule has 0 aromatic heterocycles. The number of hydrogen-bond acceptors (Lipinski definition) is 3. The summed E-state index contributed by atoms with van der Waals surface area (Å²) < 4.78 is 31.2. The number of hydrogen-bond donors (Lipinski definition) is 2. The average molecular weight is 287 g/mol. The van der Waals surface area contributed by atoms with E-state index in [2.05, 4.69) is 5.32 Å². The van der Waals surface area contributed by atoms with E-state index in [0.717, 1.165) is 18.2 Å². The molecule has 1 rings (SSSR count). The van der Waals surface area contributed by atoms with Gasteiger partial charge in [0.05, 0.1) is 12.6 Å². The van der Waals surface area contributed by atoms with E-state index in [4.69, 9.17) is 4.74 Å². The van der Waals surface area contributed by atoms with Gasteiger partial charge in [0, 0.05) is 6.07 Å². The first-order valence-corrected chi connectivity index (χ1v) is 6.25. The molecule has 0 aliphatic carbocycles. The fraction of sp³-hybridized carbons (Fsp3) is 0.500. The highest BCUT2D eigenvalue weighted by Gasteiger charge is 2.19. The number of halogens is 2. The van der Waals surface area contributed by atoms with Gasteiger partial charge in [-0.2, -0.15) is 0 Å². The molecule has 0 bridgehead atoms. The summed E-state index contributed by atoms with van der Waals surface area (Å²) in [6.45, 7) is 4.77. The summed E-state index contributed by atoms with van der Waals surface area (Å²) in [6.07, 6.45) is -0.585. The molecule has 1 atom stereocenters. The van der Waals surface area contributed by atoms with Crippen LogP contribution in [0.3, 0.4) is 0 Å². The smallest absolute Gasteiger partial charge is 0.407 e. The van der Waals surface area contributed by atoms with Crippen molar-refractivity contribution in [2.45, 2.75) is 38.8 Å². The van der Waals surface area contributed by atoms with Gasteiger partial charge in [0.1, 0.15) is 17.2 Å². The van der Waals surface area contributed by atoms with Crippen molar-refractivity contribution >= 4 is 6.09 Å². The Kier molecular flexibility index (Phi) is 5.44. The highest BCUT2D eigenvalue weighted by atomic mass is 19.1. The van der Waals surface area contributed by atoms with E-state index in [1.807, 2.05) is 0 Å². The Morgan fingerprint density at radius 1 is 1.30 bits per heavy atom. The fourth-order valence-electron chi connectivity index (χ4n) is 1.65. The number of carbonyl (C=O) groups excluding carboxylic acids is 1. The molecule has 0 heterocycles. The molecular weight excluding hydrogens is 268 g/mol. The molecule has 4 nitrogen and oxygen atoms in total. The van der Waals surface area contributed by atoms with Crippen molar-refractivity contribution < 1.29 is 23.4 Å². The maximum Gasteiger partial charge on any atom is 0.407 e. The molecule has 0 spiro atoms. The van der Waals surface area contributed by atoms with Gasteiger partial charge >= 0.3 is 6.09 Å². The molecule has 0 aliphatic heterocycles. The van der Waals surface area contributed by atoms with Crippen LogP contribution in [-0.4, -0.2) is 29.4 Å². The molecule has 0 saturated heterocycles. The number of ether oxygens (including phenoxy) is 1. The number of alkyl carbamates (subject to hydrolysis) is 1. The highest BCUT2D eigenvalue weighted by Crippen LogP contribution is 2.11. The third-order valence-corrected chi connectivity index (χ3v) is 2.35. The molecular formula is C14H19F2NO3. The van der Waals surface area contributed by atoms with Gasteiger partial charge < -0.3 is 15.2 Å². The molecule has 6 heteroatoms. The van der Waals surface area contributed by atoms with Crippen molar-refractivity contribution in [1.82, 2.24) is 5.32 Å². The molecule has 0 fully saturated rings. The van der Waals surface area contributed by atoms with E-state index < -0.39 is 29.4 Å². The molecule has 2 N–H and O–H groups in total. The number of benzene rings is 1. The summed E-state index contributed by atoms with van der Waals surface area (Å²) in [4.78, 5) is 11.6. The molecule has 0 saturated carbocycles. The zero-order valence-corrected chi connectivity index (χ0v) is 11.7. The van der Waals surface area contributed by atoms with Crippen LogP contribution in [0.2, 0.25) is 0 Å². The summed E-state index contributed by atoms with van der Waals surface area (Å²) in [5, 5.41) is 11.7. The van der Waals surface area contributed by atoms with Gasteiger partial charge in [0.15, 0.2) is 0 Å². The number of amides is 1. The van der Waals surface area contributed by atoms with Crippen molar-refractivity contribution in [3.05, 3.63) is 35.4 Å². The van der Waals surface area contributed by atoms with Crippen LogP contribution < -0.4 is 5.32 Å². The Bertz CT molecular complexity index is 452. The van der Waals surface area contributed by atoms with Gasteiger partial charge in [-0.1, -0.05) is 0 Å². The van der Waals surface area contributed by atoms with E-state index in [1.54, 1.807) is 20.8 Å². The van der Waals surface area contributed by atoms with Gasteiger partial charge in [0.25, 0.3) is 0 Å². The predicted molar refractivity (Wildman–Crippen MR) is 70.3 cm³/mol. The molecule has 0 radical (unpaired) electrons. The SMILES string of the molecule is CC(C)(C)OC(=O)N[C@@H](CO)Cc1cc(F)cc(F)c1. The Morgan fingerprint density at radius 2 is 1.85 bits per heavy atom.